The van der Waals surface area contributed by atoms with Gasteiger partial charge in [-0.3, -0.25) is 0 Å². The van der Waals surface area contributed by atoms with E-state index >= 15 is 0 Å². The molecule has 1 aromatic carbocycles. The Morgan fingerprint density at radius 2 is 2.37 bits per heavy atom. The summed E-state index contributed by atoms with van der Waals surface area (Å²) in [6.07, 6.45) is 3.88. The van der Waals surface area contributed by atoms with Crippen molar-refractivity contribution in [1.82, 2.24) is 0 Å². The molecule has 2 atom stereocenters. The van der Waals surface area contributed by atoms with Gasteiger partial charge in [-0.05, 0) is 37.0 Å². The second-order valence-electron chi connectivity index (χ2n) is 5.58. The van der Waals surface area contributed by atoms with Crippen LogP contribution in [0.15, 0.2) is 18.2 Å². The van der Waals surface area contributed by atoms with E-state index in [2.05, 4.69) is 18.3 Å². The second kappa shape index (κ2) is 5.81. The molecule has 0 heterocycles. The van der Waals surface area contributed by atoms with E-state index in [1.807, 2.05) is 0 Å². The van der Waals surface area contributed by atoms with Crippen LogP contribution < -0.4 is 5.32 Å². The maximum Gasteiger partial charge on any atom is 0.101 e. The fourth-order valence-corrected chi connectivity index (χ4v) is 2.99. The van der Waals surface area contributed by atoms with E-state index < -0.39 is 5.60 Å². The van der Waals surface area contributed by atoms with E-state index in [0.29, 0.717) is 23.0 Å². The molecule has 3 nitrogen and oxygen atoms in total. The van der Waals surface area contributed by atoms with E-state index in [1.54, 1.807) is 18.2 Å². The summed E-state index contributed by atoms with van der Waals surface area (Å²) >= 11 is 5.86. The first-order chi connectivity index (χ1) is 9.02. The van der Waals surface area contributed by atoms with Gasteiger partial charge in [-0.2, -0.15) is 5.26 Å². The summed E-state index contributed by atoms with van der Waals surface area (Å²) in [5, 5.41) is 23.4. The Morgan fingerprint density at radius 3 is 3.05 bits per heavy atom. The van der Waals surface area contributed by atoms with Gasteiger partial charge < -0.3 is 10.4 Å². The number of benzene rings is 1. The van der Waals surface area contributed by atoms with Gasteiger partial charge in [-0.1, -0.05) is 31.4 Å². The van der Waals surface area contributed by atoms with Crippen molar-refractivity contribution < 1.29 is 5.11 Å². The van der Waals surface area contributed by atoms with Crippen LogP contribution in [0.1, 0.15) is 38.2 Å². The number of rotatable bonds is 3. The summed E-state index contributed by atoms with van der Waals surface area (Å²) in [4.78, 5) is 0. The first-order valence-electron chi connectivity index (χ1n) is 6.68. The average Bonchev–Trinajstić information content (AvgIpc) is 2.37. The van der Waals surface area contributed by atoms with E-state index in [4.69, 9.17) is 16.9 Å². The molecule has 1 aliphatic rings. The molecule has 19 heavy (non-hydrogen) atoms. The predicted octanol–water partition coefficient (Wildman–Crippen LogP) is 3.56. The predicted molar refractivity (Wildman–Crippen MR) is 77.2 cm³/mol. The molecular weight excluding hydrogens is 260 g/mol. The third-order valence-electron chi connectivity index (χ3n) is 3.78. The zero-order chi connectivity index (χ0) is 13.9. The van der Waals surface area contributed by atoms with Crippen LogP contribution in [0.5, 0.6) is 0 Å². The summed E-state index contributed by atoms with van der Waals surface area (Å²) < 4.78 is 0. The van der Waals surface area contributed by atoms with Crippen molar-refractivity contribution in [2.24, 2.45) is 5.92 Å². The molecular formula is C15H19ClN2O. The van der Waals surface area contributed by atoms with Crippen molar-refractivity contribution >= 4 is 17.3 Å². The van der Waals surface area contributed by atoms with Crippen molar-refractivity contribution in [1.29, 1.82) is 5.26 Å². The quantitative estimate of drug-likeness (QED) is 0.889. The van der Waals surface area contributed by atoms with Crippen LogP contribution in [0, 0.1) is 17.2 Å². The zero-order valence-corrected chi connectivity index (χ0v) is 11.9. The van der Waals surface area contributed by atoms with Gasteiger partial charge in [0.05, 0.1) is 16.9 Å². The van der Waals surface area contributed by atoms with Crippen LogP contribution in [0.2, 0.25) is 5.02 Å². The number of nitrogens with one attached hydrogen (secondary N) is 1. The Balaban J connectivity index is 2.04. The highest BCUT2D eigenvalue weighted by molar-refractivity contribution is 6.30. The number of hydrogen-bond donors (Lipinski definition) is 2. The number of hydrogen-bond acceptors (Lipinski definition) is 3. The van der Waals surface area contributed by atoms with Gasteiger partial charge in [-0.25, -0.2) is 0 Å². The van der Waals surface area contributed by atoms with Crippen molar-refractivity contribution in [2.75, 3.05) is 11.9 Å². The Kier molecular flexibility index (Phi) is 4.34. The lowest BCUT2D eigenvalue weighted by Gasteiger charge is -2.36. The molecule has 0 bridgehead atoms. The van der Waals surface area contributed by atoms with Gasteiger partial charge in [0.25, 0.3) is 0 Å². The van der Waals surface area contributed by atoms with Crippen LogP contribution in [-0.2, 0) is 0 Å². The normalized spacial score (nSPS) is 26.7. The summed E-state index contributed by atoms with van der Waals surface area (Å²) in [5.41, 5.74) is 0.586. The smallest absolute Gasteiger partial charge is 0.101 e. The fourth-order valence-electron chi connectivity index (χ4n) is 2.82. The molecule has 2 rings (SSSR count). The summed E-state index contributed by atoms with van der Waals surface area (Å²) in [6, 6.07) is 7.29. The summed E-state index contributed by atoms with van der Waals surface area (Å²) in [6.45, 7) is 2.65. The highest BCUT2D eigenvalue weighted by Crippen LogP contribution is 2.32. The minimum Gasteiger partial charge on any atom is -0.388 e. The first-order valence-corrected chi connectivity index (χ1v) is 7.06. The van der Waals surface area contributed by atoms with Gasteiger partial charge in [0.1, 0.15) is 6.07 Å². The Bertz CT molecular complexity index is 497. The molecule has 0 saturated heterocycles. The average molecular weight is 279 g/mol. The van der Waals surface area contributed by atoms with E-state index in [9.17, 15) is 5.11 Å². The second-order valence-corrected chi connectivity index (χ2v) is 6.02. The molecule has 0 amide bonds. The van der Waals surface area contributed by atoms with Crippen LogP contribution in [0.3, 0.4) is 0 Å². The van der Waals surface area contributed by atoms with E-state index in [1.165, 1.54) is 6.42 Å². The third kappa shape index (κ3) is 3.62. The Labute approximate surface area is 119 Å². The molecule has 102 valence electrons. The van der Waals surface area contributed by atoms with E-state index in [0.717, 1.165) is 24.9 Å². The van der Waals surface area contributed by atoms with Crippen molar-refractivity contribution in [3.8, 4) is 6.07 Å². The Hall–Kier alpha value is -1.24. The minimum absolute atomic E-state index is 0.480. The molecule has 1 fully saturated rings. The first kappa shape index (κ1) is 14.2. The standard InChI is InChI=1S/C15H19ClN2O/c1-11-3-2-6-15(19,8-11)10-18-14-5-4-13(16)7-12(14)9-17/h4-5,7,11,18-19H,2-3,6,8,10H2,1H3. The molecule has 0 aliphatic heterocycles. The van der Waals surface area contributed by atoms with Gasteiger partial charge >= 0.3 is 0 Å². The largest absolute Gasteiger partial charge is 0.388 e. The van der Waals surface area contributed by atoms with Crippen LogP contribution in [0.25, 0.3) is 0 Å². The SMILES string of the molecule is CC1CCCC(O)(CNc2ccc(Cl)cc2C#N)C1. The molecule has 0 radical (unpaired) electrons. The van der Waals surface area contributed by atoms with Crippen LogP contribution in [0.4, 0.5) is 5.69 Å². The maximum atomic E-state index is 10.5. The third-order valence-corrected chi connectivity index (χ3v) is 4.01. The van der Waals surface area contributed by atoms with Crippen molar-refractivity contribution in [2.45, 2.75) is 38.2 Å². The molecule has 1 aromatic rings. The number of anilines is 1. The lowest BCUT2D eigenvalue weighted by molar-refractivity contribution is -0.000763. The summed E-state index contributed by atoms with van der Waals surface area (Å²) in [7, 11) is 0. The number of halogens is 1. The molecule has 0 spiro atoms. The van der Waals surface area contributed by atoms with Gasteiger partial charge in [0.15, 0.2) is 0 Å². The lowest BCUT2D eigenvalue weighted by Crippen LogP contribution is -2.41. The maximum absolute atomic E-state index is 10.5. The summed E-state index contributed by atoms with van der Waals surface area (Å²) in [5.74, 6) is 0.557. The topological polar surface area (TPSA) is 56.0 Å². The van der Waals surface area contributed by atoms with Crippen molar-refractivity contribution in [3.05, 3.63) is 28.8 Å². The lowest BCUT2D eigenvalue weighted by atomic mass is 9.79. The minimum atomic E-state index is -0.663. The zero-order valence-electron chi connectivity index (χ0n) is 11.1. The van der Waals surface area contributed by atoms with Crippen LogP contribution >= 0.6 is 11.6 Å². The number of nitrogens with zero attached hydrogens (tertiary/aromatic N) is 1. The van der Waals surface area contributed by atoms with Gasteiger partial charge in [-0.15, -0.1) is 0 Å². The molecule has 0 aromatic heterocycles. The molecule has 4 heteroatoms. The van der Waals surface area contributed by atoms with E-state index in [-0.39, 0.29) is 0 Å². The van der Waals surface area contributed by atoms with Crippen molar-refractivity contribution in [3.63, 3.8) is 0 Å². The molecule has 1 saturated carbocycles. The van der Waals surface area contributed by atoms with Gasteiger partial charge in [0, 0.05) is 11.6 Å². The fraction of sp³-hybridized carbons (Fsp3) is 0.533. The Morgan fingerprint density at radius 1 is 1.58 bits per heavy atom. The highest BCUT2D eigenvalue weighted by atomic mass is 35.5. The van der Waals surface area contributed by atoms with Gasteiger partial charge in [0.2, 0.25) is 0 Å². The monoisotopic (exact) mass is 278 g/mol. The molecule has 2 unspecified atom stereocenters. The van der Waals surface area contributed by atoms with Crippen LogP contribution in [-0.4, -0.2) is 17.3 Å². The number of aliphatic hydroxyl groups is 1. The molecule has 2 N–H and O–H groups in total. The number of nitriles is 1. The molecule has 1 aliphatic carbocycles. The highest BCUT2D eigenvalue weighted by Gasteiger charge is 2.32.